The zero-order chi connectivity index (χ0) is 18.4. The van der Waals surface area contributed by atoms with E-state index in [9.17, 15) is 9.59 Å². The molecule has 0 bridgehead atoms. The van der Waals surface area contributed by atoms with Crippen LogP contribution in [0.2, 0.25) is 4.34 Å². The second kappa shape index (κ2) is 8.77. The fourth-order valence-corrected chi connectivity index (χ4v) is 2.58. The molecule has 25 heavy (non-hydrogen) atoms. The maximum absolute atomic E-state index is 12.3. The van der Waals surface area contributed by atoms with Crippen molar-refractivity contribution in [1.29, 1.82) is 0 Å². The number of carbonyl (C=O) groups is 2. The number of nitrogens with one attached hydrogen (secondary N) is 1. The minimum Gasteiger partial charge on any atom is -0.497 e. The second-order valence-electron chi connectivity index (χ2n) is 5.52. The number of rotatable bonds is 7. The van der Waals surface area contributed by atoms with Crippen molar-refractivity contribution in [3.63, 3.8) is 0 Å². The Morgan fingerprint density at radius 3 is 2.48 bits per heavy atom. The highest BCUT2D eigenvalue weighted by Crippen LogP contribution is 2.18. The number of hydrogen-bond acceptors (Lipinski definition) is 7. The molecule has 0 unspecified atom stereocenters. The fraction of sp³-hybridized carbons (Fsp3) is 0.375. The van der Waals surface area contributed by atoms with Crippen LogP contribution in [0.5, 0.6) is 5.75 Å². The molecular formula is C16H18ClN3O4S. The van der Waals surface area contributed by atoms with Crippen LogP contribution in [-0.2, 0) is 16.1 Å². The Morgan fingerprint density at radius 2 is 1.96 bits per heavy atom. The minimum absolute atomic E-state index is 0.0875. The van der Waals surface area contributed by atoms with Crippen molar-refractivity contribution < 1.29 is 19.1 Å². The predicted molar refractivity (Wildman–Crippen MR) is 93.8 cm³/mol. The first kappa shape index (κ1) is 19.1. The van der Waals surface area contributed by atoms with Crippen LogP contribution < -0.4 is 10.1 Å². The topological polar surface area (TPSA) is 90.4 Å². The molecular weight excluding hydrogens is 366 g/mol. The van der Waals surface area contributed by atoms with Gasteiger partial charge in [-0.05, 0) is 30.2 Å². The Labute approximate surface area is 154 Å². The smallest absolute Gasteiger partial charge is 0.329 e. The number of benzene rings is 1. The van der Waals surface area contributed by atoms with Crippen LogP contribution in [0.1, 0.15) is 29.9 Å². The first-order valence-electron chi connectivity index (χ1n) is 7.50. The lowest BCUT2D eigenvalue weighted by Crippen LogP contribution is -2.45. The van der Waals surface area contributed by atoms with Gasteiger partial charge in [0.05, 0.1) is 7.11 Å². The third-order valence-corrected chi connectivity index (χ3v) is 4.40. The molecule has 1 aromatic carbocycles. The lowest BCUT2D eigenvalue weighted by molar-refractivity contribution is -0.148. The molecule has 9 heteroatoms. The summed E-state index contributed by atoms with van der Waals surface area (Å²) >= 11 is 6.89. The van der Waals surface area contributed by atoms with Crippen molar-refractivity contribution in [2.24, 2.45) is 5.92 Å². The Bertz CT molecular complexity index is 733. The molecule has 1 aromatic heterocycles. The molecule has 2 rings (SSSR count). The van der Waals surface area contributed by atoms with Crippen molar-refractivity contribution in [2.75, 3.05) is 7.11 Å². The van der Waals surface area contributed by atoms with E-state index in [0.717, 1.165) is 11.5 Å². The number of carbonyl (C=O) groups excluding carboxylic acids is 2. The summed E-state index contributed by atoms with van der Waals surface area (Å²) < 4.78 is 14.3. The lowest BCUT2D eigenvalue weighted by Gasteiger charge is -2.20. The molecule has 0 fully saturated rings. The van der Waals surface area contributed by atoms with Crippen LogP contribution >= 0.6 is 23.1 Å². The van der Waals surface area contributed by atoms with Gasteiger partial charge >= 0.3 is 5.97 Å². The number of amides is 1. The third kappa shape index (κ3) is 5.14. The molecule has 2 aromatic rings. The second-order valence-corrected chi connectivity index (χ2v) is 6.88. The maximum atomic E-state index is 12.3. The first-order valence-corrected chi connectivity index (χ1v) is 8.65. The highest BCUT2D eigenvalue weighted by molar-refractivity contribution is 7.10. The first-order chi connectivity index (χ1) is 11.9. The SMILES string of the molecule is COc1ccc(C(=O)N[C@@H](C(=O)OCc2nnsc2Cl)C(C)C)cc1. The Hall–Kier alpha value is -2.19. The van der Waals surface area contributed by atoms with Crippen LogP contribution in [0.25, 0.3) is 0 Å². The van der Waals surface area contributed by atoms with Gasteiger partial charge in [-0.1, -0.05) is 29.9 Å². The maximum Gasteiger partial charge on any atom is 0.329 e. The number of halogens is 1. The van der Waals surface area contributed by atoms with E-state index in [1.54, 1.807) is 31.4 Å². The van der Waals surface area contributed by atoms with Crippen molar-refractivity contribution >= 4 is 35.0 Å². The van der Waals surface area contributed by atoms with E-state index in [1.807, 2.05) is 13.8 Å². The number of methoxy groups -OCH3 is 1. The van der Waals surface area contributed by atoms with Gasteiger partial charge < -0.3 is 14.8 Å². The molecule has 1 amide bonds. The van der Waals surface area contributed by atoms with Gasteiger partial charge in [0.15, 0.2) is 0 Å². The number of nitrogens with zero attached hydrogens (tertiary/aromatic N) is 2. The van der Waals surface area contributed by atoms with Crippen LogP contribution in [0.15, 0.2) is 24.3 Å². The average Bonchev–Trinajstić information content (AvgIpc) is 3.02. The minimum atomic E-state index is -0.792. The highest BCUT2D eigenvalue weighted by Gasteiger charge is 2.26. The van der Waals surface area contributed by atoms with Gasteiger partial charge in [0.1, 0.15) is 28.4 Å². The molecule has 1 N–H and O–H groups in total. The summed E-state index contributed by atoms with van der Waals surface area (Å²) in [7, 11) is 1.55. The molecule has 7 nitrogen and oxygen atoms in total. The van der Waals surface area contributed by atoms with Crippen molar-refractivity contribution in [3.8, 4) is 5.75 Å². The Kier molecular flexibility index (Phi) is 6.72. The van der Waals surface area contributed by atoms with Gasteiger partial charge in [0.25, 0.3) is 5.91 Å². The van der Waals surface area contributed by atoms with Crippen molar-refractivity contribution in [2.45, 2.75) is 26.5 Å². The largest absolute Gasteiger partial charge is 0.497 e. The Morgan fingerprint density at radius 1 is 1.28 bits per heavy atom. The van der Waals surface area contributed by atoms with Crippen molar-refractivity contribution in [1.82, 2.24) is 14.9 Å². The standard InChI is InChI=1S/C16H18ClN3O4S/c1-9(2)13(16(22)24-8-12-14(17)25-20-19-12)18-15(21)10-4-6-11(23-3)7-5-10/h4-7,9,13H,8H2,1-3H3,(H,18,21)/t13-/m1/s1. The summed E-state index contributed by atoms with van der Waals surface area (Å²) in [5.74, 6) is -0.434. The van der Waals surface area contributed by atoms with Crippen LogP contribution in [0.3, 0.4) is 0 Å². The van der Waals surface area contributed by atoms with Gasteiger partial charge in [-0.25, -0.2) is 4.79 Å². The molecule has 0 spiro atoms. The fourth-order valence-electron chi connectivity index (χ4n) is 1.98. The summed E-state index contributed by atoms with van der Waals surface area (Å²) in [6.45, 7) is 3.55. The van der Waals surface area contributed by atoms with E-state index < -0.39 is 12.0 Å². The summed E-state index contributed by atoms with van der Waals surface area (Å²) in [6, 6.07) is 5.80. The predicted octanol–water partition coefficient (Wildman–Crippen LogP) is 2.70. The Balaban J connectivity index is 2.00. The molecule has 0 aliphatic heterocycles. The molecule has 0 saturated carbocycles. The van der Waals surface area contributed by atoms with Crippen molar-refractivity contribution in [3.05, 3.63) is 39.9 Å². The summed E-state index contributed by atoms with van der Waals surface area (Å²) in [4.78, 5) is 24.7. The number of hydrogen-bond donors (Lipinski definition) is 1. The van der Waals surface area contributed by atoms with Gasteiger partial charge in [-0.15, -0.1) is 5.10 Å². The third-order valence-electron chi connectivity index (χ3n) is 3.42. The van der Waals surface area contributed by atoms with E-state index >= 15 is 0 Å². The number of esters is 1. The van der Waals surface area contributed by atoms with Gasteiger partial charge in [0, 0.05) is 17.1 Å². The summed E-state index contributed by atoms with van der Waals surface area (Å²) in [6.07, 6.45) is 0. The van der Waals surface area contributed by atoms with E-state index in [4.69, 9.17) is 21.1 Å². The summed E-state index contributed by atoms with van der Waals surface area (Å²) in [5.41, 5.74) is 0.815. The normalized spacial score (nSPS) is 11.9. The van der Waals surface area contributed by atoms with E-state index in [2.05, 4.69) is 14.9 Å². The highest BCUT2D eigenvalue weighted by atomic mass is 35.5. The van der Waals surface area contributed by atoms with Crippen LogP contribution in [0.4, 0.5) is 0 Å². The summed E-state index contributed by atoms with van der Waals surface area (Å²) in [5, 5.41) is 6.47. The quantitative estimate of drug-likeness (QED) is 0.739. The number of ether oxygens (including phenoxy) is 2. The zero-order valence-corrected chi connectivity index (χ0v) is 15.6. The van der Waals surface area contributed by atoms with E-state index in [-0.39, 0.29) is 18.4 Å². The van der Waals surface area contributed by atoms with E-state index in [1.165, 1.54) is 0 Å². The van der Waals surface area contributed by atoms with Gasteiger partial charge in [0.2, 0.25) is 0 Å². The molecule has 0 radical (unpaired) electrons. The molecule has 1 heterocycles. The zero-order valence-electron chi connectivity index (χ0n) is 14.0. The van der Waals surface area contributed by atoms with Gasteiger partial charge in [-0.2, -0.15) is 0 Å². The van der Waals surface area contributed by atoms with E-state index in [0.29, 0.717) is 21.3 Å². The average molecular weight is 384 g/mol. The monoisotopic (exact) mass is 383 g/mol. The van der Waals surface area contributed by atoms with Gasteiger partial charge in [-0.3, -0.25) is 4.79 Å². The number of aromatic nitrogens is 2. The molecule has 1 atom stereocenters. The van der Waals surface area contributed by atoms with Crippen LogP contribution in [0, 0.1) is 5.92 Å². The molecule has 0 saturated heterocycles. The lowest BCUT2D eigenvalue weighted by atomic mass is 10.0. The van der Waals surface area contributed by atoms with Crippen LogP contribution in [-0.4, -0.2) is 34.6 Å². The molecule has 0 aliphatic carbocycles. The molecule has 134 valence electrons. The molecule has 0 aliphatic rings.